The molecule has 0 N–H and O–H groups in total. The molecule has 9 heteroatoms. The predicted molar refractivity (Wildman–Crippen MR) is 40.0 cm³/mol. The Hall–Kier alpha value is -0.800. The van der Waals surface area contributed by atoms with Crippen LogP contribution < -0.4 is 0 Å². The molecule has 0 aromatic rings. The van der Waals surface area contributed by atoms with E-state index in [4.69, 9.17) is 0 Å². The van der Waals surface area contributed by atoms with Crippen molar-refractivity contribution in [2.24, 2.45) is 0 Å². The van der Waals surface area contributed by atoms with Crippen LogP contribution in [-0.4, -0.2) is 29.7 Å². The van der Waals surface area contributed by atoms with E-state index in [9.17, 15) is 16.8 Å². The molecule has 1 aliphatic rings. The van der Waals surface area contributed by atoms with Gasteiger partial charge < -0.3 is 8.37 Å². The Kier molecular flexibility index (Phi) is 2.50. The van der Waals surface area contributed by atoms with Crippen LogP contribution in [0.3, 0.4) is 0 Å². The summed E-state index contributed by atoms with van der Waals surface area (Å²) in [5, 5.41) is 0. The maximum atomic E-state index is 10.5. The van der Waals surface area contributed by atoms with Crippen molar-refractivity contribution in [1.82, 2.24) is 0 Å². The summed E-state index contributed by atoms with van der Waals surface area (Å²) in [5.74, 6) is -0.217. The van der Waals surface area contributed by atoms with Crippen LogP contribution in [0.5, 0.6) is 0 Å². The normalized spacial score (nSPS) is 20.2. The first-order valence-electron chi connectivity index (χ1n) is 2.95. The molecule has 0 saturated carbocycles. The molecule has 13 heavy (non-hydrogen) atoms. The van der Waals surface area contributed by atoms with E-state index in [1.165, 1.54) is 0 Å². The quantitative estimate of drug-likeness (QED) is 0.579. The van der Waals surface area contributed by atoms with Crippen molar-refractivity contribution in [1.29, 1.82) is 0 Å². The van der Waals surface area contributed by atoms with E-state index in [1.54, 1.807) is 0 Å². The monoisotopic (exact) mass is 230 g/mol. The standard InChI is InChI=1S/C4H6O7S2/c1-12(5,6)9-2-4-3-10-13(7,8)11-4/h3H,2H2,1H3. The van der Waals surface area contributed by atoms with Crippen molar-refractivity contribution in [3.8, 4) is 0 Å². The minimum absolute atomic E-state index is 0.217. The van der Waals surface area contributed by atoms with Crippen molar-refractivity contribution >= 4 is 20.5 Å². The van der Waals surface area contributed by atoms with E-state index in [0.29, 0.717) is 0 Å². The first-order valence-corrected chi connectivity index (χ1v) is 6.10. The minimum Gasteiger partial charge on any atom is -0.357 e. The van der Waals surface area contributed by atoms with Crippen molar-refractivity contribution in [2.75, 3.05) is 12.9 Å². The molecule has 0 amide bonds. The molecule has 0 aromatic carbocycles. The Morgan fingerprint density at radius 1 is 1.54 bits per heavy atom. The molecule has 1 aliphatic heterocycles. The van der Waals surface area contributed by atoms with Crippen LogP contribution in [0.1, 0.15) is 0 Å². The van der Waals surface area contributed by atoms with Gasteiger partial charge in [-0.25, -0.2) is 0 Å². The molecular formula is C4H6O7S2. The van der Waals surface area contributed by atoms with E-state index >= 15 is 0 Å². The van der Waals surface area contributed by atoms with Gasteiger partial charge in [0.25, 0.3) is 10.1 Å². The Labute approximate surface area is 75.4 Å². The molecule has 0 atom stereocenters. The van der Waals surface area contributed by atoms with Crippen LogP contribution in [0.2, 0.25) is 0 Å². The van der Waals surface area contributed by atoms with Gasteiger partial charge in [0.1, 0.15) is 6.61 Å². The number of rotatable bonds is 3. The second-order valence-corrected chi connectivity index (χ2v) is 4.96. The van der Waals surface area contributed by atoms with Gasteiger partial charge in [-0.05, 0) is 0 Å². The largest absolute Gasteiger partial charge is 0.500 e. The summed E-state index contributed by atoms with van der Waals surface area (Å²) in [6, 6.07) is 0. The zero-order valence-electron chi connectivity index (χ0n) is 6.46. The van der Waals surface area contributed by atoms with Crippen molar-refractivity contribution in [3.05, 3.63) is 12.0 Å². The fourth-order valence-electron chi connectivity index (χ4n) is 0.506. The lowest BCUT2D eigenvalue weighted by Crippen LogP contribution is -2.07. The summed E-state index contributed by atoms with van der Waals surface area (Å²) < 4.78 is 54.3. The SMILES string of the molecule is CS(=O)(=O)OCC1=COS(=O)(=O)O1. The van der Waals surface area contributed by atoms with Crippen LogP contribution in [0, 0.1) is 0 Å². The molecule has 7 nitrogen and oxygen atoms in total. The summed E-state index contributed by atoms with van der Waals surface area (Å²) in [5.41, 5.74) is 0. The van der Waals surface area contributed by atoms with E-state index in [2.05, 4.69) is 12.5 Å². The number of hydrogen-bond acceptors (Lipinski definition) is 7. The zero-order valence-corrected chi connectivity index (χ0v) is 8.09. The average Bonchev–Trinajstić information content (AvgIpc) is 2.24. The molecule has 0 bridgehead atoms. The van der Waals surface area contributed by atoms with E-state index in [0.717, 1.165) is 12.5 Å². The third kappa shape index (κ3) is 3.61. The highest BCUT2D eigenvalue weighted by atomic mass is 32.3. The highest BCUT2D eigenvalue weighted by molar-refractivity contribution is 7.86. The van der Waals surface area contributed by atoms with Crippen molar-refractivity contribution in [3.63, 3.8) is 0 Å². The summed E-state index contributed by atoms with van der Waals surface area (Å²) >= 11 is 0. The van der Waals surface area contributed by atoms with Gasteiger partial charge >= 0.3 is 10.4 Å². The molecule has 0 spiro atoms. The minimum atomic E-state index is -4.03. The van der Waals surface area contributed by atoms with Crippen LogP contribution >= 0.6 is 0 Å². The smallest absolute Gasteiger partial charge is 0.357 e. The van der Waals surface area contributed by atoms with Crippen molar-refractivity contribution in [2.45, 2.75) is 0 Å². The molecule has 0 aliphatic carbocycles. The Balaban J connectivity index is 2.51. The van der Waals surface area contributed by atoms with Crippen LogP contribution in [0.4, 0.5) is 0 Å². The average molecular weight is 230 g/mol. The molecule has 0 aromatic heterocycles. The van der Waals surface area contributed by atoms with Gasteiger partial charge in [-0.15, -0.1) is 8.42 Å². The van der Waals surface area contributed by atoms with E-state index in [-0.39, 0.29) is 5.76 Å². The van der Waals surface area contributed by atoms with Gasteiger partial charge in [-0.1, -0.05) is 0 Å². The van der Waals surface area contributed by atoms with Crippen LogP contribution in [0.25, 0.3) is 0 Å². The maximum absolute atomic E-state index is 10.5. The third-order valence-corrected chi connectivity index (χ3v) is 2.22. The lowest BCUT2D eigenvalue weighted by molar-refractivity contribution is 0.288. The summed E-state index contributed by atoms with van der Waals surface area (Å²) in [6.45, 7) is -0.502. The number of hydrogen-bond donors (Lipinski definition) is 0. The predicted octanol–water partition coefficient (Wildman–Crippen LogP) is -0.904. The Morgan fingerprint density at radius 3 is 2.54 bits per heavy atom. The first kappa shape index (κ1) is 10.3. The molecule has 0 saturated heterocycles. The van der Waals surface area contributed by atoms with Gasteiger partial charge in [0, 0.05) is 0 Å². The summed E-state index contributed by atoms with van der Waals surface area (Å²) in [7, 11) is -7.65. The fraction of sp³-hybridized carbons (Fsp3) is 0.500. The van der Waals surface area contributed by atoms with E-state index in [1.807, 2.05) is 0 Å². The van der Waals surface area contributed by atoms with Gasteiger partial charge in [0.15, 0.2) is 12.0 Å². The van der Waals surface area contributed by atoms with Gasteiger partial charge in [0.05, 0.1) is 6.26 Å². The Morgan fingerprint density at radius 2 is 2.15 bits per heavy atom. The van der Waals surface area contributed by atoms with Gasteiger partial charge in [-0.2, -0.15) is 8.42 Å². The van der Waals surface area contributed by atoms with Gasteiger partial charge in [-0.3, -0.25) is 4.18 Å². The molecular weight excluding hydrogens is 224 g/mol. The second kappa shape index (κ2) is 3.16. The molecule has 1 heterocycles. The first-order chi connectivity index (χ1) is 5.79. The van der Waals surface area contributed by atoms with E-state index < -0.39 is 27.1 Å². The summed E-state index contributed by atoms with van der Waals surface area (Å²) in [4.78, 5) is 0. The van der Waals surface area contributed by atoms with Crippen LogP contribution in [-0.2, 0) is 33.1 Å². The highest BCUT2D eigenvalue weighted by Crippen LogP contribution is 2.15. The molecule has 1 rings (SSSR count). The van der Waals surface area contributed by atoms with Crippen molar-refractivity contribution < 1.29 is 29.4 Å². The lowest BCUT2D eigenvalue weighted by Gasteiger charge is -1.99. The maximum Gasteiger partial charge on any atom is 0.500 e. The topological polar surface area (TPSA) is 96.0 Å². The fourth-order valence-corrected chi connectivity index (χ4v) is 1.45. The third-order valence-electron chi connectivity index (χ3n) is 0.922. The Bertz CT molecular complexity index is 413. The highest BCUT2D eigenvalue weighted by Gasteiger charge is 2.24. The second-order valence-electron chi connectivity index (χ2n) is 2.14. The molecule has 0 radical (unpaired) electrons. The summed E-state index contributed by atoms with van der Waals surface area (Å²) in [6.07, 6.45) is 1.60. The molecule has 76 valence electrons. The molecule has 0 fully saturated rings. The van der Waals surface area contributed by atoms with Gasteiger partial charge in [0.2, 0.25) is 0 Å². The zero-order chi connectivity index (χ0) is 10.1. The lowest BCUT2D eigenvalue weighted by atomic mass is 10.6. The molecule has 0 unspecified atom stereocenters. The van der Waals surface area contributed by atoms with Crippen LogP contribution in [0.15, 0.2) is 12.0 Å².